The Kier molecular flexibility index (Phi) is 2.17. The summed E-state index contributed by atoms with van der Waals surface area (Å²) in [6.45, 7) is 5.59. The molecule has 52 valence electrons. The van der Waals surface area contributed by atoms with Crippen LogP contribution in [0.5, 0.6) is 0 Å². The molecule has 1 aromatic rings. The minimum Gasteiger partial charge on any atom is -0.236 e. The van der Waals surface area contributed by atoms with Gasteiger partial charge in [0.15, 0.2) is 5.82 Å². The molecule has 0 aromatic carbocycles. The lowest BCUT2D eigenvalue weighted by atomic mass is 10.3. The van der Waals surface area contributed by atoms with Crippen LogP contribution in [0.3, 0.4) is 0 Å². The average Bonchev–Trinajstić information content (AvgIpc) is 1.88. The lowest BCUT2D eigenvalue weighted by molar-refractivity contribution is 1.10. The lowest BCUT2D eigenvalue weighted by Crippen LogP contribution is -1.88. The summed E-state index contributed by atoms with van der Waals surface area (Å²) in [6.07, 6.45) is 3.41. The van der Waals surface area contributed by atoms with E-state index in [4.69, 9.17) is 0 Å². The number of nitrogens with zero attached hydrogens (tertiary/aromatic N) is 2. The van der Waals surface area contributed by atoms with Crippen molar-refractivity contribution in [2.75, 3.05) is 0 Å². The summed E-state index contributed by atoms with van der Waals surface area (Å²) in [5, 5.41) is 0. The molecule has 0 aliphatic carbocycles. The van der Waals surface area contributed by atoms with E-state index in [1.807, 2.05) is 6.92 Å². The Morgan fingerprint density at radius 2 is 2.00 bits per heavy atom. The third kappa shape index (κ3) is 1.64. The van der Waals surface area contributed by atoms with Crippen molar-refractivity contribution in [3.63, 3.8) is 0 Å². The molecule has 1 heterocycles. The molecular weight excluding hydrogens is 192 g/mol. The van der Waals surface area contributed by atoms with E-state index in [0.717, 1.165) is 10.0 Å². The molecule has 10 heavy (non-hydrogen) atoms. The molecule has 0 saturated heterocycles. The van der Waals surface area contributed by atoms with Crippen LogP contribution in [0.15, 0.2) is 23.4 Å². The highest BCUT2D eigenvalue weighted by atomic mass is 79.9. The maximum absolute atomic E-state index is 4.02. The Morgan fingerprint density at radius 1 is 1.50 bits per heavy atom. The van der Waals surface area contributed by atoms with Crippen LogP contribution in [0, 0.1) is 0 Å². The molecule has 1 rings (SSSR count). The van der Waals surface area contributed by atoms with E-state index < -0.39 is 0 Å². The molecule has 0 amide bonds. The summed E-state index contributed by atoms with van der Waals surface area (Å²) in [5.74, 6) is 0.697. The second-order valence-corrected chi connectivity index (χ2v) is 2.92. The van der Waals surface area contributed by atoms with Crippen molar-refractivity contribution in [3.8, 4) is 0 Å². The molecule has 1 aromatic heterocycles. The summed E-state index contributed by atoms with van der Waals surface area (Å²) in [4.78, 5) is 8.04. The molecule has 0 saturated carbocycles. The first-order valence-corrected chi connectivity index (χ1v) is 3.63. The first kappa shape index (κ1) is 7.41. The third-order valence-corrected chi connectivity index (χ3v) is 1.41. The fourth-order valence-corrected chi connectivity index (χ4v) is 0.737. The van der Waals surface area contributed by atoms with Gasteiger partial charge in [0.2, 0.25) is 0 Å². The van der Waals surface area contributed by atoms with Crippen LogP contribution in [0.4, 0.5) is 0 Å². The Balaban J connectivity index is 3.00. The van der Waals surface area contributed by atoms with E-state index in [-0.39, 0.29) is 0 Å². The third-order valence-electron chi connectivity index (χ3n) is 1.00. The van der Waals surface area contributed by atoms with Crippen molar-refractivity contribution in [3.05, 3.63) is 29.3 Å². The number of hydrogen-bond donors (Lipinski definition) is 0. The molecule has 3 heteroatoms. The van der Waals surface area contributed by atoms with E-state index in [1.54, 1.807) is 12.4 Å². The largest absolute Gasteiger partial charge is 0.236 e. The van der Waals surface area contributed by atoms with Crippen molar-refractivity contribution in [1.29, 1.82) is 0 Å². The van der Waals surface area contributed by atoms with Crippen molar-refractivity contribution < 1.29 is 0 Å². The SMILES string of the molecule is C=C(C)c1ncc(Br)cn1. The minimum atomic E-state index is 0.697. The highest BCUT2D eigenvalue weighted by molar-refractivity contribution is 9.10. The molecular formula is C7H7BrN2. The predicted octanol–water partition coefficient (Wildman–Crippen LogP) is 2.27. The van der Waals surface area contributed by atoms with Gasteiger partial charge < -0.3 is 0 Å². The molecule has 0 spiro atoms. The Morgan fingerprint density at radius 3 is 2.40 bits per heavy atom. The van der Waals surface area contributed by atoms with Gasteiger partial charge in [-0.3, -0.25) is 0 Å². The van der Waals surface area contributed by atoms with Crippen LogP contribution in [0.1, 0.15) is 12.7 Å². The highest BCUT2D eigenvalue weighted by Crippen LogP contribution is 2.08. The summed E-state index contributed by atoms with van der Waals surface area (Å²) in [7, 11) is 0. The van der Waals surface area contributed by atoms with Gasteiger partial charge in [-0.05, 0) is 28.4 Å². The zero-order valence-corrected chi connectivity index (χ0v) is 7.22. The second kappa shape index (κ2) is 2.92. The van der Waals surface area contributed by atoms with Crippen LogP contribution in [-0.2, 0) is 0 Å². The molecule has 0 fully saturated rings. The Hall–Kier alpha value is -0.700. The molecule has 2 nitrogen and oxygen atoms in total. The van der Waals surface area contributed by atoms with Gasteiger partial charge in [-0.2, -0.15) is 0 Å². The van der Waals surface area contributed by atoms with E-state index in [2.05, 4.69) is 32.5 Å². The van der Waals surface area contributed by atoms with Gasteiger partial charge >= 0.3 is 0 Å². The summed E-state index contributed by atoms with van der Waals surface area (Å²) in [6, 6.07) is 0. The highest BCUT2D eigenvalue weighted by Gasteiger charge is 1.93. The van der Waals surface area contributed by atoms with Gasteiger partial charge in [0.25, 0.3) is 0 Å². The minimum absolute atomic E-state index is 0.697. The monoisotopic (exact) mass is 198 g/mol. The predicted molar refractivity (Wildman–Crippen MR) is 44.4 cm³/mol. The van der Waals surface area contributed by atoms with Crippen LogP contribution in [0.2, 0.25) is 0 Å². The normalized spacial score (nSPS) is 9.40. The maximum Gasteiger partial charge on any atom is 0.154 e. The maximum atomic E-state index is 4.02. The van der Waals surface area contributed by atoms with Gasteiger partial charge in [0.05, 0.1) is 4.47 Å². The smallest absolute Gasteiger partial charge is 0.154 e. The number of rotatable bonds is 1. The summed E-state index contributed by atoms with van der Waals surface area (Å²) >= 11 is 3.24. The number of hydrogen-bond acceptors (Lipinski definition) is 2. The zero-order valence-electron chi connectivity index (χ0n) is 5.63. The molecule has 0 N–H and O–H groups in total. The number of halogens is 1. The van der Waals surface area contributed by atoms with Crippen molar-refractivity contribution in [2.24, 2.45) is 0 Å². The van der Waals surface area contributed by atoms with E-state index in [1.165, 1.54) is 0 Å². The average molecular weight is 199 g/mol. The standard InChI is InChI=1S/C7H7BrN2/c1-5(2)7-9-3-6(8)4-10-7/h3-4H,1H2,2H3. The Bertz CT molecular complexity index is 240. The van der Waals surface area contributed by atoms with Crippen LogP contribution >= 0.6 is 15.9 Å². The number of aromatic nitrogens is 2. The first-order valence-electron chi connectivity index (χ1n) is 2.83. The Labute approximate surface area is 68.1 Å². The van der Waals surface area contributed by atoms with Gasteiger partial charge in [0.1, 0.15) is 0 Å². The van der Waals surface area contributed by atoms with Crippen molar-refractivity contribution >= 4 is 21.5 Å². The van der Waals surface area contributed by atoms with E-state index >= 15 is 0 Å². The van der Waals surface area contributed by atoms with Crippen LogP contribution in [-0.4, -0.2) is 9.97 Å². The molecule has 0 bridgehead atoms. The van der Waals surface area contributed by atoms with Gasteiger partial charge in [-0.15, -0.1) is 0 Å². The second-order valence-electron chi connectivity index (χ2n) is 2.01. The molecule has 0 unspecified atom stereocenters. The van der Waals surface area contributed by atoms with Gasteiger partial charge in [0, 0.05) is 12.4 Å². The van der Waals surface area contributed by atoms with Crippen LogP contribution < -0.4 is 0 Å². The van der Waals surface area contributed by atoms with Gasteiger partial charge in [-0.25, -0.2) is 9.97 Å². The van der Waals surface area contributed by atoms with Crippen molar-refractivity contribution in [1.82, 2.24) is 9.97 Å². The topological polar surface area (TPSA) is 25.8 Å². The van der Waals surface area contributed by atoms with E-state index in [0.29, 0.717) is 5.82 Å². The van der Waals surface area contributed by atoms with Crippen molar-refractivity contribution in [2.45, 2.75) is 6.92 Å². The molecule has 0 aliphatic rings. The fraction of sp³-hybridized carbons (Fsp3) is 0.143. The molecule has 0 atom stereocenters. The number of allylic oxidation sites excluding steroid dienone is 1. The van der Waals surface area contributed by atoms with Crippen LogP contribution in [0.25, 0.3) is 5.57 Å². The zero-order chi connectivity index (χ0) is 7.56. The van der Waals surface area contributed by atoms with Gasteiger partial charge in [-0.1, -0.05) is 6.58 Å². The molecule has 0 aliphatic heterocycles. The molecule has 0 radical (unpaired) electrons. The first-order chi connectivity index (χ1) is 4.70. The summed E-state index contributed by atoms with van der Waals surface area (Å²) in [5.41, 5.74) is 0.882. The fourth-order valence-electron chi connectivity index (χ4n) is 0.533. The van der Waals surface area contributed by atoms with E-state index in [9.17, 15) is 0 Å². The quantitative estimate of drug-likeness (QED) is 0.693. The lowest BCUT2D eigenvalue weighted by Gasteiger charge is -1.94. The summed E-state index contributed by atoms with van der Waals surface area (Å²) < 4.78 is 0.887.